The van der Waals surface area contributed by atoms with Crippen LogP contribution in [0, 0.1) is 17.8 Å². The first-order valence-electron chi connectivity index (χ1n) is 11.9. The maximum absolute atomic E-state index is 13.2. The summed E-state index contributed by atoms with van der Waals surface area (Å²) in [6.07, 6.45) is -0.886. The number of rotatable bonds is 5. The van der Waals surface area contributed by atoms with Gasteiger partial charge in [-0.05, 0) is 66.8 Å². The number of anilines is 1. The van der Waals surface area contributed by atoms with Crippen LogP contribution < -0.4 is 14.9 Å². The van der Waals surface area contributed by atoms with E-state index >= 15 is 0 Å². The minimum absolute atomic E-state index is 0.0481. The van der Waals surface area contributed by atoms with E-state index in [-0.39, 0.29) is 16.5 Å². The maximum atomic E-state index is 13.2. The van der Waals surface area contributed by atoms with Crippen molar-refractivity contribution in [2.24, 2.45) is 17.8 Å². The predicted octanol–water partition coefficient (Wildman–Crippen LogP) is 6.13. The number of para-hydroxylation sites is 1. The van der Waals surface area contributed by atoms with Crippen molar-refractivity contribution in [3.05, 3.63) is 74.2 Å². The van der Waals surface area contributed by atoms with Gasteiger partial charge in [-0.15, -0.1) is 11.8 Å². The van der Waals surface area contributed by atoms with Crippen molar-refractivity contribution in [1.82, 2.24) is 4.98 Å². The Balaban J connectivity index is 1.21. The minimum atomic E-state index is -4.57. The molecule has 10 heteroatoms. The second-order valence-corrected chi connectivity index (χ2v) is 11.8. The number of alkyl halides is 3. The smallest absolute Gasteiger partial charge is 0.418 e. The van der Waals surface area contributed by atoms with Crippen LogP contribution in [0.25, 0.3) is 0 Å². The molecule has 2 fully saturated rings. The average Bonchev–Trinajstić information content (AvgIpc) is 3.55. The summed E-state index contributed by atoms with van der Waals surface area (Å²) < 4.78 is 45.4. The molecule has 2 heterocycles. The molecule has 6 rings (SSSR count). The number of halogens is 3. The van der Waals surface area contributed by atoms with E-state index in [1.165, 1.54) is 48.8 Å². The predicted molar refractivity (Wildman–Crippen MR) is 133 cm³/mol. The Morgan fingerprint density at radius 2 is 1.92 bits per heavy atom. The number of aromatic amines is 1. The number of benzene rings is 2. The van der Waals surface area contributed by atoms with Gasteiger partial charge in [-0.2, -0.15) is 13.2 Å². The fraction of sp³-hybridized carbons (Fsp3) is 0.385. The number of nitrogens with one attached hydrogen (secondary N) is 2. The number of thiazole rings is 1. The zero-order chi connectivity index (χ0) is 25.0. The zero-order valence-electron chi connectivity index (χ0n) is 19.0. The van der Waals surface area contributed by atoms with Crippen LogP contribution in [-0.4, -0.2) is 22.7 Å². The monoisotopic (exact) mass is 532 g/mol. The molecule has 188 valence electrons. The number of H-pyrrole nitrogens is 1. The number of amides is 1. The van der Waals surface area contributed by atoms with Gasteiger partial charge in [0.05, 0.1) is 16.3 Å². The first kappa shape index (κ1) is 23.7. The molecule has 5 nitrogen and oxygen atoms in total. The van der Waals surface area contributed by atoms with Crippen molar-refractivity contribution < 1.29 is 22.7 Å². The molecule has 36 heavy (non-hydrogen) atoms. The number of hydrogen-bond donors (Lipinski definition) is 2. The first-order valence-corrected chi connectivity index (χ1v) is 13.6. The first-order chi connectivity index (χ1) is 17.3. The van der Waals surface area contributed by atoms with Gasteiger partial charge in [-0.1, -0.05) is 35.6 Å². The summed E-state index contributed by atoms with van der Waals surface area (Å²) in [5, 5.41) is 3.76. The summed E-state index contributed by atoms with van der Waals surface area (Å²) in [6.45, 7) is -0.421. The Bertz CT molecular complexity index is 1370. The van der Waals surface area contributed by atoms with E-state index in [1.54, 1.807) is 6.07 Å². The number of ether oxygens (including phenoxy) is 1. The summed E-state index contributed by atoms with van der Waals surface area (Å²) in [5.41, 5.74) is -0.170. The lowest BCUT2D eigenvalue weighted by molar-refractivity contribution is -0.137. The van der Waals surface area contributed by atoms with Crippen LogP contribution in [0.3, 0.4) is 0 Å². The topological polar surface area (TPSA) is 71.2 Å². The Morgan fingerprint density at radius 3 is 2.75 bits per heavy atom. The van der Waals surface area contributed by atoms with Crippen molar-refractivity contribution >= 4 is 34.7 Å². The maximum Gasteiger partial charge on any atom is 0.418 e. The number of carbonyl (C=O) groups is 1. The second-order valence-electron chi connectivity index (χ2n) is 9.63. The molecule has 2 N–H and O–H groups in total. The summed E-state index contributed by atoms with van der Waals surface area (Å²) in [6, 6.07) is 12.4. The third-order valence-electron chi connectivity index (χ3n) is 7.56. The van der Waals surface area contributed by atoms with Gasteiger partial charge < -0.3 is 15.0 Å². The standard InChI is InChI=1S/C26H23F3N2O3S2/c27-26(28,29)17-6-1-2-7-18(17)30-19(32)12-34-16-5-3-4-13(11-16)21-20-14-8-9-15(10-14)22(20)35-24-23(21)36-25(33)31-24/h1-7,11,14-15,20-22H,8-10,12H2,(H,30,32)(H,31,33)/t14?,15?,20?,21-,22?/m1/s1. The van der Waals surface area contributed by atoms with Crippen molar-refractivity contribution in [2.45, 2.75) is 41.6 Å². The highest BCUT2D eigenvalue weighted by Crippen LogP contribution is 2.63. The zero-order valence-corrected chi connectivity index (χ0v) is 20.6. The number of thioether (sulfide) groups is 1. The number of aromatic nitrogens is 1. The molecule has 1 aliphatic heterocycles. The summed E-state index contributed by atoms with van der Waals surface area (Å²) >= 11 is 3.09. The lowest BCUT2D eigenvalue weighted by Crippen LogP contribution is -2.33. The lowest BCUT2D eigenvalue weighted by atomic mass is 9.75. The Labute approximate surface area is 213 Å². The molecule has 2 aromatic carbocycles. The molecule has 5 atom stereocenters. The molecule has 4 unspecified atom stereocenters. The number of carbonyl (C=O) groups excluding carboxylic acids is 1. The highest BCUT2D eigenvalue weighted by Gasteiger charge is 2.54. The van der Waals surface area contributed by atoms with E-state index < -0.39 is 24.3 Å². The van der Waals surface area contributed by atoms with Crippen molar-refractivity contribution in [1.29, 1.82) is 0 Å². The third kappa shape index (κ3) is 4.24. The highest BCUT2D eigenvalue weighted by atomic mass is 32.2. The molecule has 1 aromatic heterocycles. The number of hydrogen-bond acceptors (Lipinski definition) is 5. The molecular formula is C26H23F3N2O3S2. The van der Waals surface area contributed by atoms with Crippen molar-refractivity contribution in [3.8, 4) is 5.75 Å². The van der Waals surface area contributed by atoms with Crippen LogP contribution in [-0.2, 0) is 11.0 Å². The Kier molecular flexibility index (Phi) is 5.91. The summed E-state index contributed by atoms with van der Waals surface area (Å²) in [4.78, 5) is 28.7. The van der Waals surface area contributed by atoms with Gasteiger partial charge in [-0.25, -0.2) is 0 Å². The molecule has 1 amide bonds. The largest absolute Gasteiger partial charge is 0.484 e. The van der Waals surface area contributed by atoms with Gasteiger partial charge in [0.2, 0.25) is 0 Å². The lowest BCUT2D eigenvalue weighted by Gasteiger charge is -2.40. The van der Waals surface area contributed by atoms with Crippen LogP contribution in [0.4, 0.5) is 18.9 Å². The molecule has 0 spiro atoms. The quantitative estimate of drug-likeness (QED) is 0.415. The van der Waals surface area contributed by atoms with Crippen molar-refractivity contribution in [2.75, 3.05) is 11.9 Å². The highest BCUT2D eigenvalue weighted by molar-refractivity contribution is 8.00. The molecule has 3 aliphatic rings. The second kappa shape index (κ2) is 8.99. The van der Waals surface area contributed by atoms with Gasteiger partial charge in [0, 0.05) is 16.0 Å². The Morgan fingerprint density at radius 1 is 1.11 bits per heavy atom. The number of fused-ring (bicyclic) bond motifs is 6. The Hall–Kier alpha value is -2.72. The summed E-state index contributed by atoms with van der Waals surface area (Å²) in [5.74, 6) is 1.63. The molecule has 2 aliphatic carbocycles. The van der Waals surface area contributed by atoms with Gasteiger partial charge in [0.1, 0.15) is 5.75 Å². The fourth-order valence-electron chi connectivity index (χ4n) is 6.19. The van der Waals surface area contributed by atoms with E-state index in [4.69, 9.17) is 4.74 Å². The van der Waals surface area contributed by atoms with Crippen LogP contribution in [0.5, 0.6) is 5.75 Å². The van der Waals surface area contributed by atoms with E-state index in [2.05, 4.69) is 10.3 Å². The van der Waals surface area contributed by atoms with Crippen LogP contribution in [0.2, 0.25) is 0 Å². The average molecular weight is 533 g/mol. The van der Waals surface area contributed by atoms with Gasteiger partial charge in [0.15, 0.2) is 6.61 Å². The third-order valence-corrected chi connectivity index (χ3v) is 10.2. The van der Waals surface area contributed by atoms with Crippen LogP contribution in [0.1, 0.15) is 41.2 Å². The molecule has 2 saturated carbocycles. The van der Waals surface area contributed by atoms with Crippen LogP contribution >= 0.6 is 23.1 Å². The van der Waals surface area contributed by atoms with E-state index in [0.717, 1.165) is 21.5 Å². The van der Waals surface area contributed by atoms with E-state index in [9.17, 15) is 22.8 Å². The minimum Gasteiger partial charge on any atom is -0.484 e. The van der Waals surface area contributed by atoms with Crippen LogP contribution in [0.15, 0.2) is 58.4 Å². The van der Waals surface area contributed by atoms with Gasteiger partial charge in [0.25, 0.3) is 5.91 Å². The van der Waals surface area contributed by atoms with Gasteiger partial charge >= 0.3 is 11.0 Å². The van der Waals surface area contributed by atoms with E-state index in [1.807, 2.05) is 30.0 Å². The molecule has 0 saturated heterocycles. The summed E-state index contributed by atoms with van der Waals surface area (Å²) in [7, 11) is 0. The molecule has 2 bridgehead atoms. The molecule has 0 radical (unpaired) electrons. The SMILES string of the molecule is O=C(COc1cccc([C@H]2c3sc(=O)[nH]c3SC3C4CCC(C4)C32)c1)Nc1ccccc1C(F)(F)F. The van der Waals surface area contributed by atoms with E-state index in [0.29, 0.717) is 28.8 Å². The van der Waals surface area contributed by atoms with Gasteiger partial charge in [-0.3, -0.25) is 9.59 Å². The molecule has 3 aromatic rings. The normalized spacial score (nSPS) is 26.4. The fourth-order valence-corrected chi connectivity index (χ4v) is 9.09. The molecular weight excluding hydrogens is 509 g/mol. The van der Waals surface area contributed by atoms with Crippen molar-refractivity contribution in [3.63, 3.8) is 0 Å².